The van der Waals surface area contributed by atoms with E-state index >= 15 is 0 Å². The van der Waals surface area contributed by atoms with Gasteiger partial charge in [0.25, 0.3) is 0 Å². The fourth-order valence-corrected chi connectivity index (χ4v) is 2.03. The summed E-state index contributed by atoms with van der Waals surface area (Å²) in [5.41, 5.74) is 3.69. The highest BCUT2D eigenvalue weighted by atomic mass is 16.4. The van der Waals surface area contributed by atoms with E-state index in [1.54, 1.807) is 29.1 Å². The molecule has 0 bridgehead atoms. The van der Waals surface area contributed by atoms with E-state index in [2.05, 4.69) is 10.3 Å². The average Bonchev–Trinajstić information content (AvgIpc) is 2.98. The van der Waals surface area contributed by atoms with Crippen LogP contribution in [0, 0.1) is 6.92 Å². The molecule has 0 spiro atoms. The number of hydrogen-bond donors (Lipinski definition) is 1. The van der Waals surface area contributed by atoms with Crippen molar-refractivity contribution in [1.29, 1.82) is 0 Å². The summed E-state index contributed by atoms with van der Waals surface area (Å²) in [6.07, 6.45) is 1.78. The Hall–Kier alpha value is -2.95. The van der Waals surface area contributed by atoms with Crippen molar-refractivity contribution in [2.75, 3.05) is 0 Å². The van der Waals surface area contributed by atoms with Crippen LogP contribution in [0.2, 0.25) is 0 Å². The smallest absolute Gasteiger partial charge is 0.335 e. The monoisotopic (exact) mass is 279 g/mol. The molecule has 0 aliphatic heterocycles. The molecule has 104 valence electrons. The predicted octanol–water partition coefficient (Wildman–Crippen LogP) is 2.94. The van der Waals surface area contributed by atoms with Crippen molar-refractivity contribution in [2.24, 2.45) is 0 Å². The maximum absolute atomic E-state index is 11.0. The molecule has 3 rings (SSSR count). The summed E-state index contributed by atoms with van der Waals surface area (Å²) in [4.78, 5) is 11.0. The van der Waals surface area contributed by atoms with Crippen molar-refractivity contribution >= 4 is 5.97 Å². The molecule has 0 aliphatic carbocycles. The van der Waals surface area contributed by atoms with Gasteiger partial charge in [0.2, 0.25) is 0 Å². The second kappa shape index (κ2) is 5.20. The van der Waals surface area contributed by atoms with Gasteiger partial charge >= 0.3 is 5.97 Å². The lowest BCUT2D eigenvalue weighted by Gasteiger charge is -2.00. The van der Waals surface area contributed by atoms with Gasteiger partial charge in [0, 0.05) is 5.56 Å². The van der Waals surface area contributed by atoms with Crippen LogP contribution in [0.1, 0.15) is 15.9 Å². The molecular weight excluding hydrogens is 266 g/mol. The minimum atomic E-state index is -0.956. The van der Waals surface area contributed by atoms with Crippen molar-refractivity contribution in [3.63, 3.8) is 0 Å². The van der Waals surface area contributed by atoms with E-state index < -0.39 is 5.97 Å². The van der Waals surface area contributed by atoms with Crippen molar-refractivity contribution < 1.29 is 9.90 Å². The van der Waals surface area contributed by atoms with Gasteiger partial charge in [0.05, 0.1) is 17.4 Å². The Morgan fingerprint density at radius 3 is 2.62 bits per heavy atom. The normalized spacial score (nSPS) is 10.5. The first-order chi connectivity index (χ1) is 10.1. The van der Waals surface area contributed by atoms with Crippen molar-refractivity contribution in [3.05, 3.63) is 65.9 Å². The van der Waals surface area contributed by atoms with Crippen LogP contribution in [-0.2, 0) is 0 Å². The molecule has 1 aromatic heterocycles. The highest BCUT2D eigenvalue weighted by Crippen LogP contribution is 2.19. The van der Waals surface area contributed by atoms with Gasteiger partial charge in [-0.2, -0.15) is 0 Å². The van der Waals surface area contributed by atoms with Gasteiger partial charge in [-0.05, 0) is 31.2 Å². The number of carboxylic acid groups (broad SMARTS) is 1. The van der Waals surface area contributed by atoms with Crippen LogP contribution in [0.4, 0.5) is 0 Å². The largest absolute Gasteiger partial charge is 0.478 e. The Morgan fingerprint density at radius 1 is 1.14 bits per heavy atom. The first-order valence-electron chi connectivity index (χ1n) is 6.46. The fraction of sp³-hybridized carbons (Fsp3) is 0.0625. The Balaban J connectivity index is 1.96. The lowest BCUT2D eigenvalue weighted by molar-refractivity contribution is 0.0697. The summed E-state index contributed by atoms with van der Waals surface area (Å²) in [7, 11) is 0. The minimum Gasteiger partial charge on any atom is -0.478 e. The number of carbonyl (C=O) groups is 1. The molecule has 0 amide bonds. The molecule has 1 heterocycles. The first kappa shape index (κ1) is 13.1. The molecular formula is C16H13N3O2. The van der Waals surface area contributed by atoms with Gasteiger partial charge in [0.1, 0.15) is 5.69 Å². The number of aryl methyl sites for hydroxylation is 1. The second-order valence-corrected chi connectivity index (χ2v) is 4.77. The number of nitrogens with zero attached hydrogens (tertiary/aromatic N) is 3. The first-order valence-corrected chi connectivity index (χ1v) is 6.46. The van der Waals surface area contributed by atoms with Gasteiger partial charge < -0.3 is 5.11 Å². The highest BCUT2D eigenvalue weighted by Gasteiger charge is 2.08. The van der Waals surface area contributed by atoms with E-state index in [9.17, 15) is 4.79 Å². The lowest BCUT2D eigenvalue weighted by atomic mass is 10.1. The summed E-state index contributed by atoms with van der Waals surface area (Å²) < 4.78 is 1.67. The van der Waals surface area contributed by atoms with E-state index in [4.69, 9.17) is 5.11 Å². The second-order valence-electron chi connectivity index (χ2n) is 4.77. The van der Waals surface area contributed by atoms with Gasteiger partial charge in [-0.15, -0.1) is 5.10 Å². The molecule has 0 saturated carbocycles. The predicted molar refractivity (Wildman–Crippen MR) is 78.5 cm³/mol. The maximum Gasteiger partial charge on any atom is 0.335 e. The zero-order chi connectivity index (χ0) is 14.8. The molecule has 5 nitrogen and oxygen atoms in total. The number of aromatic nitrogens is 3. The highest BCUT2D eigenvalue weighted by molar-refractivity contribution is 5.89. The average molecular weight is 279 g/mol. The van der Waals surface area contributed by atoms with Crippen molar-refractivity contribution in [1.82, 2.24) is 15.0 Å². The standard InChI is InChI=1S/C16H13N3O2/c1-11-5-7-14(8-6-11)19-10-15(17-18-19)12-3-2-4-13(9-12)16(20)21/h2-10H,1H3,(H,20,21). The van der Waals surface area contributed by atoms with Gasteiger partial charge in [0.15, 0.2) is 0 Å². The molecule has 21 heavy (non-hydrogen) atoms. The molecule has 0 aliphatic rings. The molecule has 0 saturated heterocycles. The number of hydrogen-bond acceptors (Lipinski definition) is 3. The van der Waals surface area contributed by atoms with E-state index in [1.165, 1.54) is 5.56 Å². The quantitative estimate of drug-likeness (QED) is 0.800. The van der Waals surface area contributed by atoms with Crippen LogP contribution in [0.5, 0.6) is 0 Å². The van der Waals surface area contributed by atoms with Gasteiger partial charge in [-0.1, -0.05) is 35.0 Å². The minimum absolute atomic E-state index is 0.234. The lowest BCUT2D eigenvalue weighted by Crippen LogP contribution is -1.95. The van der Waals surface area contributed by atoms with Crippen LogP contribution in [-0.4, -0.2) is 26.1 Å². The summed E-state index contributed by atoms with van der Waals surface area (Å²) >= 11 is 0. The summed E-state index contributed by atoms with van der Waals surface area (Å²) in [5, 5.41) is 17.2. The molecule has 0 radical (unpaired) electrons. The number of benzene rings is 2. The molecule has 5 heteroatoms. The van der Waals surface area contributed by atoms with Crippen molar-refractivity contribution in [3.8, 4) is 16.9 Å². The third-order valence-corrected chi connectivity index (χ3v) is 3.20. The molecule has 1 N–H and O–H groups in total. The Kier molecular flexibility index (Phi) is 3.23. The van der Waals surface area contributed by atoms with E-state index in [0.717, 1.165) is 11.3 Å². The molecule has 0 unspecified atom stereocenters. The SMILES string of the molecule is Cc1ccc(-n2cc(-c3cccc(C(=O)O)c3)nn2)cc1. The molecule has 3 aromatic rings. The number of rotatable bonds is 3. The Morgan fingerprint density at radius 2 is 1.90 bits per heavy atom. The van der Waals surface area contributed by atoms with Crippen LogP contribution in [0.25, 0.3) is 16.9 Å². The molecule has 2 aromatic carbocycles. The zero-order valence-corrected chi connectivity index (χ0v) is 11.4. The molecule has 0 fully saturated rings. The van der Waals surface area contributed by atoms with E-state index in [-0.39, 0.29) is 5.56 Å². The van der Waals surface area contributed by atoms with E-state index in [0.29, 0.717) is 5.69 Å². The maximum atomic E-state index is 11.0. The zero-order valence-electron chi connectivity index (χ0n) is 11.4. The third kappa shape index (κ3) is 2.67. The summed E-state index contributed by atoms with van der Waals surface area (Å²) in [5.74, 6) is -0.956. The van der Waals surface area contributed by atoms with Crippen LogP contribution in [0.15, 0.2) is 54.7 Å². The third-order valence-electron chi connectivity index (χ3n) is 3.20. The van der Waals surface area contributed by atoms with Crippen LogP contribution in [0.3, 0.4) is 0 Å². The van der Waals surface area contributed by atoms with Crippen LogP contribution >= 0.6 is 0 Å². The Bertz CT molecular complexity index is 791. The topological polar surface area (TPSA) is 68.0 Å². The van der Waals surface area contributed by atoms with Gasteiger partial charge in [-0.3, -0.25) is 0 Å². The van der Waals surface area contributed by atoms with Crippen molar-refractivity contribution in [2.45, 2.75) is 6.92 Å². The number of aromatic carboxylic acids is 1. The number of carboxylic acids is 1. The summed E-state index contributed by atoms with van der Waals surface area (Å²) in [6, 6.07) is 14.6. The van der Waals surface area contributed by atoms with E-state index in [1.807, 2.05) is 37.3 Å². The fourth-order valence-electron chi connectivity index (χ4n) is 2.03. The van der Waals surface area contributed by atoms with Gasteiger partial charge in [-0.25, -0.2) is 9.48 Å². The van der Waals surface area contributed by atoms with Crippen LogP contribution < -0.4 is 0 Å². The Labute approximate surface area is 121 Å². The molecule has 0 atom stereocenters. The summed E-state index contributed by atoms with van der Waals surface area (Å²) in [6.45, 7) is 2.02.